The summed E-state index contributed by atoms with van der Waals surface area (Å²) in [7, 11) is -3.50. The van der Waals surface area contributed by atoms with E-state index in [0.29, 0.717) is 23.6 Å². The van der Waals surface area contributed by atoms with Crippen LogP contribution in [0, 0.1) is 6.92 Å². The molecule has 2 N–H and O–H groups in total. The van der Waals surface area contributed by atoms with E-state index < -0.39 is 10.0 Å². The van der Waals surface area contributed by atoms with Crippen molar-refractivity contribution in [1.29, 1.82) is 0 Å². The summed E-state index contributed by atoms with van der Waals surface area (Å²) in [5.74, 6) is 0. The maximum absolute atomic E-state index is 12.1. The molecule has 1 aromatic carbocycles. The molecule has 2 rings (SSSR count). The van der Waals surface area contributed by atoms with Gasteiger partial charge in [-0.3, -0.25) is 0 Å². The van der Waals surface area contributed by atoms with Crippen LogP contribution >= 0.6 is 11.6 Å². The van der Waals surface area contributed by atoms with Crippen molar-refractivity contribution in [3.05, 3.63) is 47.0 Å². The lowest BCUT2D eigenvalue weighted by Crippen LogP contribution is -2.26. The van der Waals surface area contributed by atoms with Crippen molar-refractivity contribution in [2.45, 2.75) is 18.2 Å². The summed E-state index contributed by atoms with van der Waals surface area (Å²) in [4.78, 5) is 7.04. The summed E-state index contributed by atoms with van der Waals surface area (Å²) in [5.41, 5.74) is 1.51. The maximum atomic E-state index is 12.1. The highest BCUT2D eigenvalue weighted by atomic mass is 35.5. The predicted molar refractivity (Wildman–Crippen MR) is 73.7 cm³/mol. The van der Waals surface area contributed by atoms with E-state index in [-0.39, 0.29) is 4.90 Å². The van der Waals surface area contributed by atoms with Gasteiger partial charge >= 0.3 is 0 Å². The Bertz CT molecular complexity index is 654. The van der Waals surface area contributed by atoms with E-state index in [9.17, 15) is 8.42 Å². The van der Waals surface area contributed by atoms with Crippen molar-refractivity contribution in [2.24, 2.45) is 0 Å². The number of sulfonamides is 1. The SMILES string of the molecule is Cc1cc(Cl)ccc1S(=O)(=O)NCCc1cnc[nH]1. The van der Waals surface area contributed by atoms with Crippen molar-refractivity contribution >= 4 is 21.6 Å². The molecule has 19 heavy (non-hydrogen) atoms. The molecule has 1 heterocycles. The molecule has 0 fully saturated rings. The summed E-state index contributed by atoms with van der Waals surface area (Å²) >= 11 is 5.81. The van der Waals surface area contributed by atoms with Crippen LogP contribution in [-0.4, -0.2) is 24.9 Å². The molecule has 0 spiro atoms. The number of nitrogens with zero attached hydrogens (tertiary/aromatic N) is 1. The summed E-state index contributed by atoms with van der Waals surface area (Å²) in [6.45, 7) is 2.03. The molecule has 0 radical (unpaired) electrons. The molecule has 0 bridgehead atoms. The van der Waals surface area contributed by atoms with Gasteiger partial charge in [0.25, 0.3) is 0 Å². The molecule has 0 atom stereocenters. The third-order valence-corrected chi connectivity index (χ3v) is 4.52. The number of hydrogen-bond donors (Lipinski definition) is 2. The standard InChI is InChI=1S/C12H14ClN3O2S/c1-9-6-10(13)2-3-12(9)19(17,18)16-5-4-11-7-14-8-15-11/h2-3,6-8,16H,4-5H2,1H3,(H,14,15). The van der Waals surface area contributed by atoms with E-state index in [1.165, 1.54) is 6.07 Å². The summed E-state index contributed by atoms with van der Waals surface area (Å²) in [6.07, 6.45) is 3.79. The van der Waals surface area contributed by atoms with Crippen molar-refractivity contribution < 1.29 is 8.42 Å². The Morgan fingerprint density at radius 1 is 1.42 bits per heavy atom. The van der Waals surface area contributed by atoms with Gasteiger partial charge in [0.05, 0.1) is 11.2 Å². The van der Waals surface area contributed by atoms with Gasteiger partial charge in [-0.25, -0.2) is 18.1 Å². The number of benzene rings is 1. The van der Waals surface area contributed by atoms with E-state index in [2.05, 4.69) is 14.7 Å². The Morgan fingerprint density at radius 2 is 2.21 bits per heavy atom. The minimum absolute atomic E-state index is 0.251. The van der Waals surface area contributed by atoms with Gasteiger partial charge < -0.3 is 4.98 Å². The predicted octanol–water partition coefficient (Wildman–Crippen LogP) is 1.89. The first-order chi connectivity index (χ1) is 8.99. The molecule has 102 valence electrons. The van der Waals surface area contributed by atoms with Gasteiger partial charge in [0.15, 0.2) is 0 Å². The van der Waals surface area contributed by atoms with Gasteiger partial charge in [-0.1, -0.05) is 11.6 Å². The number of imidazole rings is 1. The first kappa shape index (κ1) is 14.0. The number of aromatic nitrogens is 2. The van der Waals surface area contributed by atoms with Crippen molar-refractivity contribution in [3.8, 4) is 0 Å². The number of nitrogens with one attached hydrogen (secondary N) is 2. The third kappa shape index (κ3) is 3.56. The lowest BCUT2D eigenvalue weighted by Gasteiger charge is -2.09. The van der Waals surface area contributed by atoms with Crippen LogP contribution in [-0.2, 0) is 16.4 Å². The van der Waals surface area contributed by atoms with Crippen LogP contribution in [0.25, 0.3) is 0 Å². The zero-order valence-corrected chi connectivity index (χ0v) is 11.9. The highest BCUT2D eigenvalue weighted by Gasteiger charge is 2.16. The van der Waals surface area contributed by atoms with Crippen LogP contribution in [0.15, 0.2) is 35.6 Å². The molecule has 7 heteroatoms. The molecule has 0 saturated heterocycles. The second kappa shape index (κ2) is 5.73. The largest absolute Gasteiger partial charge is 0.348 e. The van der Waals surface area contributed by atoms with E-state index in [1.807, 2.05) is 0 Å². The van der Waals surface area contributed by atoms with E-state index in [4.69, 9.17) is 11.6 Å². The van der Waals surface area contributed by atoms with Gasteiger partial charge in [-0.05, 0) is 30.7 Å². The average Bonchev–Trinajstić information content (AvgIpc) is 2.81. The highest BCUT2D eigenvalue weighted by molar-refractivity contribution is 7.89. The summed E-state index contributed by atoms with van der Waals surface area (Å²) in [6, 6.07) is 4.71. The zero-order valence-electron chi connectivity index (χ0n) is 10.4. The number of aryl methyl sites for hydroxylation is 1. The molecule has 0 aliphatic carbocycles. The quantitative estimate of drug-likeness (QED) is 0.885. The van der Waals surface area contributed by atoms with E-state index in [1.54, 1.807) is 31.6 Å². The Hall–Kier alpha value is -1.37. The topological polar surface area (TPSA) is 74.8 Å². The number of aromatic amines is 1. The van der Waals surface area contributed by atoms with Gasteiger partial charge in [0.2, 0.25) is 10.0 Å². The van der Waals surface area contributed by atoms with Crippen LogP contribution in [0.2, 0.25) is 5.02 Å². The molecular formula is C12H14ClN3O2S. The van der Waals surface area contributed by atoms with Crippen LogP contribution < -0.4 is 4.72 Å². The zero-order chi connectivity index (χ0) is 13.9. The Balaban J connectivity index is 2.05. The lowest BCUT2D eigenvalue weighted by atomic mass is 10.2. The fourth-order valence-electron chi connectivity index (χ4n) is 1.73. The van der Waals surface area contributed by atoms with Gasteiger partial charge in [0, 0.05) is 29.9 Å². The second-order valence-electron chi connectivity index (χ2n) is 4.13. The molecular weight excluding hydrogens is 286 g/mol. The third-order valence-electron chi connectivity index (χ3n) is 2.67. The lowest BCUT2D eigenvalue weighted by molar-refractivity contribution is 0.581. The molecule has 0 aliphatic heterocycles. The smallest absolute Gasteiger partial charge is 0.240 e. The molecule has 0 unspecified atom stereocenters. The Morgan fingerprint density at radius 3 is 2.84 bits per heavy atom. The summed E-state index contributed by atoms with van der Waals surface area (Å²) in [5, 5.41) is 0.522. The Labute approximate surface area is 117 Å². The molecule has 5 nitrogen and oxygen atoms in total. The number of H-pyrrole nitrogens is 1. The molecule has 0 saturated carbocycles. The van der Waals surface area contributed by atoms with Crippen LogP contribution in [0.5, 0.6) is 0 Å². The average molecular weight is 300 g/mol. The van der Waals surface area contributed by atoms with Gasteiger partial charge in [-0.2, -0.15) is 0 Å². The van der Waals surface area contributed by atoms with Crippen molar-refractivity contribution in [1.82, 2.24) is 14.7 Å². The second-order valence-corrected chi connectivity index (χ2v) is 6.31. The summed E-state index contributed by atoms with van der Waals surface area (Å²) < 4.78 is 26.8. The fraction of sp³-hybridized carbons (Fsp3) is 0.250. The van der Waals surface area contributed by atoms with Gasteiger partial charge in [-0.15, -0.1) is 0 Å². The maximum Gasteiger partial charge on any atom is 0.240 e. The van der Waals surface area contributed by atoms with E-state index >= 15 is 0 Å². The molecule has 2 aromatic rings. The van der Waals surface area contributed by atoms with Crippen molar-refractivity contribution in [2.75, 3.05) is 6.54 Å². The fourth-order valence-corrected chi connectivity index (χ4v) is 3.22. The first-order valence-electron chi connectivity index (χ1n) is 5.72. The monoisotopic (exact) mass is 299 g/mol. The van der Waals surface area contributed by atoms with Gasteiger partial charge in [0.1, 0.15) is 0 Å². The number of rotatable bonds is 5. The van der Waals surface area contributed by atoms with E-state index in [0.717, 1.165) is 5.69 Å². The molecule has 0 amide bonds. The van der Waals surface area contributed by atoms with Crippen LogP contribution in [0.4, 0.5) is 0 Å². The van der Waals surface area contributed by atoms with Crippen LogP contribution in [0.1, 0.15) is 11.3 Å². The number of hydrogen-bond acceptors (Lipinski definition) is 3. The number of halogens is 1. The highest BCUT2D eigenvalue weighted by Crippen LogP contribution is 2.19. The Kier molecular flexibility index (Phi) is 4.24. The molecule has 1 aromatic heterocycles. The molecule has 0 aliphatic rings. The normalized spacial score (nSPS) is 11.7. The minimum Gasteiger partial charge on any atom is -0.348 e. The van der Waals surface area contributed by atoms with Crippen LogP contribution in [0.3, 0.4) is 0 Å². The van der Waals surface area contributed by atoms with Crippen molar-refractivity contribution in [3.63, 3.8) is 0 Å². The first-order valence-corrected chi connectivity index (χ1v) is 7.58. The minimum atomic E-state index is -3.50.